The summed E-state index contributed by atoms with van der Waals surface area (Å²) in [7, 11) is 1.85. The highest BCUT2D eigenvalue weighted by atomic mass is 16.4. The van der Waals surface area contributed by atoms with Gasteiger partial charge in [-0.15, -0.1) is 0 Å². The zero-order chi connectivity index (χ0) is 12.7. The third kappa shape index (κ3) is 1.50. The molecule has 0 saturated heterocycles. The van der Waals surface area contributed by atoms with Crippen molar-refractivity contribution in [3.63, 3.8) is 0 Å². The summed E-state index contributed by atoms with van der Waals surface area (Å²) in [5, 5.41) is 10.3. The van der Waals surface area contributed by atoms with Crippen LogP contribution < -0.4 is 11.1 Å². The molecule has 92 valence electrons. The summed E-state index contributed by atoms with van der Waals surface area (Å²) in [6.45, 7) is 1.95. The molecular formula is C12H12N4O2. The van der Waals surface area contributed by atoms with E-state index >= 15 is 0 Å². The molecule has 2 heterocycles. The number of aromatic nitrogens is 3. The summed E-state index contributed by atoms with van der Waals surface area (Å²) in [6.07, 6.45) is 0. The number of hydrogen-bond acceptors (Lipinski definition) is 4. The van der Waals surface area contributed by atoms with Gasteiger partial charge in [-0.05, 0) is 25.1 Å². The first-order chi connectivity index (χ1) is 8.69. The van der Waals surface area contributed by atoms with E-state index in [0.717, 1.165) is 22.6 Å². The zero-order valence-corrected chi connectivity index (χ0v) is 10.00. The third-order valence-electron chi connectivity index (χ3n) is 2.89. The number of nitrogens with zero attached hydrogens (tertiary/aromatic N) is 1. The molecule has 3 rings (SSSR count). The van der Waals surface area contributed by atoms with Crippen molar-refractivity contribution in [2.45, 2.75) is 6.92 Å². The number of aryl methyl sites for hydroxylation is 1. The molecule has 3 aromatic rings. The van der Waals surface area contributed by atoms with Crippen LogP contribution in [0.3, 0.4) is 0 Å². The van der Waals surface area contributed by atoms with Crippen LogP contribution >= 0.6 is 0 Å². The van der Waals surface area contributed by atoms with Crippen LogP contribution in [0.1, 0.15) is 5.69 Å². The first kappa shape index (κ1) is 10.6. The van der Waals surface area contributed by atoms with Gasteiger partial charge in [-0.3, -0.25) is 10.1 Å². The molecule has 0 fully saturated rings. The second kappa shape index (κ2) is 3.76. The number of nitrogens with one attached hydrogen (secondary N) is 3. The van der Waals surface area contributed by atoms with Gasteiger partial charge in [-0.2, -0.15) is 5.10 Å². The fourth-order valence-corrected chi connectivity index (χ4v) is 2.04. The van der Waals surface area contributed by atoms with Crippen LogP contribution in [0.5, 0.6) is 0 Å². The standard InChI is InChI=1S/C12H12N4O2/c1-6-10(13-2)11(16-15-6)7-3-4-9-8(5-7)14-12(17)18-9/h3-5,13H,1-2H3,(H,14,17)(H,15,16). The molecular weight excluding hydrogens is 232 g/mol. The number of aromatic amines is 2. The molecule has 0 aliphatic rings. The number of oxazole rings is 1. The van der Waals surface area contributed by atoms with Gasteiger partial charge in [0.05, 0.1) is 16.9 Å². The topological polar surface area (TPSA) is 86.7 Å². The average Bonchev–Trinajstić information content (AvgIpc) is 2.89. The van der Waals surface area contributed by atoms with E-state index in [0.29, 0.717) is 11.1 Å². The molecule has 0 saturated carbocycles. The Balaban J connectivity index is 2.21. The van der Waals surface area contributed by atoms with E-state index < -0.39 is 5.76 Å². The van der Waals surface area contributed by atoms with Crippen LogP contribution in [0.25, 0.3) is 22.4 Å². The third-order valence-corrected chi connectivity index (χ3v) is 2.89. The molecule has 3 N–H and O–H groups in total. The summed E-state index contributed by atoms with van der Waals surface area (Å²) in [5.41, 5.74) is 4.85. The lowest BCUT2D eigenvalue weighted by molar-refractivity contribution is 0.555. The number of fused-ring (bicyclic) bond motifs is 1. The molecule has 0 atom stereocenters. The molecule has 0 spiro atoms. The predicted octanol–water partition coefficient (Wildman–Crippen LogP) is 1.86. The first-order valence-corrected chi connectivity index (χ1v) is 5.55. The molecule has 0 aliphatic carbocycles. The lowest BCUT2D eigenvalue weighted by atomic mass is 10.1. The quantitative estimate of drug-likeness (QED) is 0.642. The lowest BCUT2D eigenvalue weighted by Gasteiger charge is -2.02. The minimum absolute atomic E-state index is 0.450. The van der Waals surface area contributed by atoms with Crippen LogP contribution in [0, 0.1) is 6.92 Å². The Morgan fingerprint density at radius 3 is 3.00 bits per heavy atom. The molecule has 0 bridgehead atoms. The first-order valence-electron chi connectivity index (χ1n) is 5.55. The normalized spacial score (nSPS) is 11.0. The summed E-state index contributed by atoms with van der Waals surface area (Å²) in [4.78, 5) is 13.7. The maximum absolute atomic E-state index is 11.1. The molecule has 0 amide bonds. The van der Waals surface area contributed by atoms with Crippen molar-refractivity contribution in [2.75, 3.05) is 12.4 Å². The van der Waals surface area contributed by atoms with Crippen LogP contribution in [0.15, 0.2) is 27.4 Å². The Kier molecular flexibility index (Phi) is 2.22. The van der Waals surface area contributed by atoms with Crippen LogP contribution in [-0.2, 0) is 0 Å². The van der Waals surface area contributed by atoms with Gasteiger partial charge >= 0.3 is 5.76 Å². The van der Waals surface area contributed by atoms with Crippen LogP contribution in [0.4, 0.5) is 5.69 Å². The van der Waals surface area contributed by atoms with Crippen molar-refractivity contribution in [1.29, 1.82) is 0 Å². The van der Waals surface area contributed by atoms with Gasteiger partial charge in [-0.25, -0.2) is 4.79 Å². The van der Waals surface area contributed by atoms with Crippen molar-refractivity contribution >= 4 is 16.8 Å². The van der Waals surface area contributed by atoms with E-state index in [2.05, 4.69) is 20.5 Å². The molecule has 6 heteroatoms. The molecule has 0 radical (unpaired) electrons. The monoisotopic (exact) mass is 244 g/mol. The second-order valence-electron chi connectivity index (χ2n) is 4.05. The molecule has 0 unspecified atom stereocenters. The van der Waals surface area contributed by atoms with Crippen molar-refractivity contribution in [2.24, 2.45) is 0 Å². The number of hydrogen-bond donors (Lipinski definition) is 3. The number of anilines is 1. The highest BCUT2D eigenvalue weighted by Crippen LogP contribution is 2.29. The Bertz CT molecular complexity index is 766. The Labute approximate surface area is 102 Å². The average molecular weight is 244 g/mol. The van der Waals surface area contributed by atoms with Gasteiger partial charge in [0.15, 0.2) is 5.58 Å². The van der Waals surface area contributed by atoms with E-state index in [-0.39, 0.29) is 0 Å². The fraction of sp³-hybridized carbons (Fsp3) is 0.167. The number of H-pyrrole nitrogens is 2. The Morgan fingerprint density at radius 1 is 1.39 bits per heavy atom. The molecule has 1 aromatic carbocycles. The van der Waals surface area contributed by atoms with Crippen molar-refractivity contribution in [3.8, 4) is 11.3 Å². The predicted molar refractivity (Wildman–Crippen MR) is 68.7 cm³/mol. The molecule has 0 aliphatic heterocycles. The highest BCUT2D eigenvalue weighted by Gasteiger charge is 2.12. The van der Waals surface area contributed by atoms with Crippen molar-refractivity contribution in [3.05, 3.63) is 34.4 Å². The lowest BCUT2D eigenvalue weighted by Crippen LogP contribution is -1.93. The fourth-order valence-electron chi connectivity index (χ4n) is 2.04. The highest BCUT2D eigenvalue weighted by molar-refractivity contribution is 5.83. The van der Waals surface area contributed by atoms with E-state index in [9.17, 15) is 4.79 Å². The maximum atomic E-state index is 11.1. The summed E-state index contributed by atoms with van der Waals surface area (Å²) in [5.74, 6) is -0.450. The van der Waals surface area contributed by atoms with Gasteiger partial charge in [0.1, 0.15) is 5.69 Å². The molecule has 18 heavy (non-hydrogen) atoms. The van der Waals surface area contributed by atoms with Crippen LogP contribution in [-0.4, -0.2) is 22.2 Å². The Morgan fingerprint density at radius 2 is 2.22 bits per heavy atom. The van der Waals surface area contributed by atoms with E-state index in [1.54, 1.807) is 6.07 Å². The largest absolute Gasteiger partial charge is 0.417 e. The van der Waals surface area contributed by atoms with E-state index in [1.807, 2.05) is 26.1 Å². The van der Waals surface area contributed by atoms with Gasteiger partial charge in [-0.1, -0.05) is 0 Å². The summed E-state index contributed by atoms with van der Waals surface area (Å²) in [6, 6.07) is 5.47. The van der Waals surface area contributed by atoms with Crippen molar-refractivity contribution < 1.29 is 4.42 Å². The summed E-state index contributed by atoms with van der Waals surface area (Å²) >= 11 is 0. The van der Waals surface area contributed by atoms with Gasteiger partial charge in [0.25, 0.3) is 0 Å². The minimum atomic E-state index is -0.450. The molecule has 2 aromatic heterocycles. The number of benzene rings is 1. The van der Waals surface area contributed by atoms with Crippen LogP contribution in [0.2, 0.25) is 0 Å². The van der Waals surface area contributed by atoms with Gasteiger partial charge in [0, 0.05) is 12.6 Å². The van der Waals surface area contributed by atoms with E-state index in [4.69, 9.17) is 4.42 Å². The SMILES string of the molecule is CNc1c(-c2ccc3oc(=O)[nH]c3c2)n[nH]c1C. The molecule has 6 nitrogen and oxygen atoms in total. The smallest absolute Gasteiger partial charge is 0.408 e. The minimum Gasteiger partial charge on any atom is -0.408 e. The number of rotatable bonds is 2. The zero-order valence-electron chi connectivity index (χ0n) is 10.00. The van der Waals surface area contributed by atoms with Gasteiger partial charge < -0.3 is 9.73 Å². The van der Waals surface area contributed by atoms with E-state index in [1.165, 1.54) is 0 Å². The Hall–Kier alpha value is -2.50. The van der Waals surface area contributed by atoms with Gasteiger partial charge in [0.2, 0.25) is 0 Å². The summed E-state index contributed by atoms with van der Waals surface area (Å²) < 4.78 is 4.97. The second-order valence-corrected chi connectivity index (χ2v) is 4.05. The maximum Gasteiger partial charge on any atom is 0.417 e. The van der Waals surface area contributed by atoms with Crippen molar-refractivity contribution in [1.82, 2.24) is 15.2 Å².